The average molecular weight is 292 g/mol. The molecule has 1 aromatic carbocycles. The van der Waals surface area contributed by atoms with Gasteiger partial charge in [0, 0.05) is 24.7 Å². The predicted molar refractivity (Wildman–Crippen MR) is 79.3 cm³/mol. The Bertz CT molecular complexity index is 539. The van der Waals surface area contributed by atoms with E-state index in [-0.39, 0.29) is 12.1 Å². The number of nitrogens with two attached hydrogens (primary N) is 2. The van der Waals surface area contributed by atoms with Crippen LogP contribution >= 0.6 is 0 Å². The molecule has 0 bridgehead atoms. The topological polar surface area (TPSA) is 111 Å². The second-order valence-corrected chi connectivity index (χ2v) is 5.02. The molecule has 1 aliphatic heterocycles. The number of amides is 3. The van der Waals surface area contributed by atoms with Crippen molar-refractivity contribution in [2.45, 2.75) is 18.9 Å². The van der Waals surface area contributed by atoms with Gasteiger partial charge >= 0.3 is 6.03 Å². The molecule has 1 aliphatic rings. The SMILES string of the molecule is COc1ccc(C(N)=O)cc1NC1CCN(C(N)=O)CC1. The molecule has 0 atom stereocenters. The number of urea groups is 1. The van der Waals surface area contributed by atoms with Crippen LogP contribution in [0, 0.1) is 0 Å². The fraction of sp³-hybridized carbons (Fsp3) is 0.429. The minimum atomic E-state index is -0.482. The molecule has 21 heavy (non-hydrogen) atoms. The zero-order chi connectivity index (χ0) is 15.4. The van der Waals surface area contributed by atoms with Gasteiger partial charge in [0.15, 0.2) is 0 Å². The summed E-state index contributed by atoms with van der Waals surface area (Å²) in [7, 11) is 1.57. The number of benzene rings is 1. The number of piperidine rings is 1. The molecule has 5 N–H and O–H groups in total. The number of rotatable bonds is 4. The summed E-state index contributed by atoms with van der Waals surface area (Å²) in [6, 6.07) is 4.82. The van der Waals surface area contributed by atoms with Gasteiger partial charge in [0.1, 0.15) is 5.75 Å². The van der Waals surface area contributed by atoms with E-state index in [0.29, 0.717) is 24.4 Å². The van der Waals surface area contributed by atoms with Crippen LogP contribution in [0.4, 0.5) is 10.5 Å². The predicted octanol–water partition coefficient (Wildman–Crippen LogP) is 0.749. The van der Waals surface area contributed by atoms with Crippen LogP contribution in [-0.4, -0.2) is 43.1 Å². The third kappa shape index (κ3) is 3.56. The van der Waals surface area contributed by atoms with E-state index < -0.39 is 5.91 Å². The molecule has 1 heterocycles. The molecule has 2 rings (SSSR count). The van der Waals surface area contributed by atoms with E-state index >= 15 is 0 Å². The summed E-state index contributed by atoms with van der Waals surface area (Å²) in [6.07, 6.45) is 1.57. The molecule has 0 saturated carbocycles. The van der Waals surface area contributed by atoms with Crippen molar-refractivity contribution in [1.29, 1.82) is 0 Å². The van der Waals surface area contributed by atoms with Crippen LogP contribution in [0.25, 0.3) is 0 Å². The molecule has 1 aromatic rings. The van der Waals surface area contributed by atoms with Crippen molar-refractivity contribution in [1.82, 2.24) is 4.90 Å². The molecule has 7 heteroatoms. The Morgan fingerprint density at radius 1 is 1.29 bits per heavy atom. The maximum atomic E-state index is 11.3. The molecule has 0 aromatic heterocycles. The maximum absolute atomic E-state index is 11.3. The van der Waals surface area contributed by atoms with Gasteiger partial charge in [-0.2, -0.15) is 0 Å². The van der Waals surface area contributed by atoms with Gasteiger partial charge in [0.05, 0.1) is 12.8 Å². The van der Waals surface area contributed by atoms with Crippen molar-refractivity contribution in [2.24, 2.45) is 11.5 Å². The lowest BCUT2D eigenvalue weighted by atomic mass is 10.0. The summed E-state index contributed by atoms with van der Waals surface area (Å²) >= 11 is 0. The third-order valence-electron chi connectivity index (χ3n) is 3.65. The lowest BCUT2D eigenvalue weighted by Crippen LogP contribution is -2.44. The first-order valence-corrected chi connectivity index (χ1v) is 6.80. The highest BCUT2D eigenvalue weighted by Crippen LogP contribution is 2.27. The van der Waals surface area contributed by atoms with Gasteiger partial charge < -0.3 is 26.4 Å². The third-order valence-corrected chi connectivity index (χ3v) is 3.65. The zero-order valence-corrected chi connectivity index (χ0v) is 12.0. The van der Waals surface area contributed by atoms with E-state index in [1.54, 1.807) is 30.2 Å². The molecule has 0 radical (unpaired) electrons. The van der Waals surface area contributed by atoms with Crippen LogP contribution in [0.5, 0.6) is 5.75 Å². The first-order valence-electron chi connectivity index (χ1n) is 6.80. The fourth-order valence-electron chi connectivity index (χ4n) is 2.44. The van der Waals surface area contributed by atoms with Crippen LogP contribution in [-0.2, 0) is 0 Å². The highest BCUT2D eigenvalue weighted by Gasteiger charge is 2.22. The molecular formula is C14H20N4O3. The summed E-state index contributed by atoms with van der Waals surface area (Å²) in [5, 5.41) is 3.34. The Hall–Kier alpha value is -2.44. The van der Waals surface area contributed by atoms with E-state index in [2.05, 4.69) is 5.32 Å². The quantitative estimate of drug-likeness (QED) is 0.760. The second-order valence-electron chi connectivity index (χ2n) is 5.02. The van der Waals surface area contributed by atoms with Crippen LogP contribution in [0.2, 0.25) is 0 Å². The summed E-state index contributed by atoms with van der Waals surface area (Å²) in [5.74, 6) is 0.168. The van der Waals surface area contributed by atoms with Gasteiger partial charge in [-0.1, -0.05) is 0 Å². The number of carbonyl (C=O) groups is 2. The normalized spacial score (nSPS) is 15.6. The molecule has 114 valence electrons. The number of nitrogens with zero attached hydrogens (tertiary/aromatic N) is 1. The van der Waals surface area contributed by atoms with Crippen molar-refractivity contribution in [3.63, 3.8) is 0 Å². The Morgan fingerprint density at radius 3 is 2.48 bits per heavy atom. The monoisotopic (exact) mass is 292 g/mol. The summed E-state index contributed by atoms with van der Waals surface area (Å²) in [5.41, 5.74) is 11.7. The number of nitrogens with one attached hydrogen (secondary N) is 1. The van der Waals surface area contributed by atoms with Gasteiger partial charge in [-0.15, -0.1) is 0 Å². The van der Waals surface area contributed by atoms with Gasteiger partial charge in [-0.3, -0.25) is 4.79 Å². The van der Waals surface area contributed by atoms with E-state index in [1.165, 1.54) is 0 Å². The lowest BCUT2D eigenvalue weighted by molar-refractivity contribution is 0.1000. The zero-order valence-electron chi connectivity index (χ0n) is 12.0. The molecule has 0 spiro atoms. The summed E-state index contributed by atoms with van der Waals surface area (Å²) < 4.78 is 5.28. The van der Waals surface area contributed by atoms with E-state index in [9.17, 15) is 9.59 Å². The summed E-state index contributed by atoms with van der Waals surface area (Å²) in [4.78, 5) is 24.0. The van der Waals surface area contributed by atoms with Gasteiger partial charge in [0.2, 0.25) is 5.91 Å². The number of ether oxygens (including phenoxy) is 1. The molecule has 0 aliphatic carbocycles. The Kier molecular flexibility index (Phi) is 4.52. The lowest BCUT2D eigenvalue weighted by Gasteiger charge is -2.32. The minimum absolute atomic E-state index is 0.192. The van der Waals surface area contributed by atoms with E-state index in [1.807, 2.05) is 0 Å². The van der Waals surface area contributed by atoms with Crippen molar-refractivity contribution >= 4 is 17.6 Å². The average Bonchev–Trinajstić information content (AvgIpc) is 2.47. The minimum Gasteiger partial charge on any atom is -0.495 e. The van der Waals surface area contributed by atoms with Crippen molar-refractivity contribution in [3.05, 3.63) is 23.8 Å². The number of methoxy groups -OCH3 is 1. The highest BCUT2D eigenvalue weighted by atomic mass is 16.5. The molecule has 0 unspecified atom stereocenters. The van der Waals surface area contributed by atoms with E-state index in [4.69, 9.17) is 16.2 Å². The van der Waals surface area contributed by atoms with Crippen LogP contribution in [0.1, 0.15) is 23.2 Å². The van der Waals surface area contributed by atoms with Crippen molar-refractivity contribution in [3.8, 4) is 5.75 Å². The van der Waals surface area contributed by atoms with E-state index in [0.717, 1.165) is 18.5 Å². The number of likely N-dealkylation sites (tertiary alicyclic amines) is 1. The Morgan fingerprint density at radius 2 is 1.95 bits per heavy atom. The van der Waals surface area contributed by atoms with Crippen LogP contribution in [0.3, 0.4) is 0 Å². The second kappa shape index (κ2) is 6.34. The number of anilines is 1. The standard InChI is InChI=1S/C14H20N4O3/c1-21-12-3-2-9(13(15)19)8-11(12)17-10-4-6-18(7-5-10)14(16)20/h2-3,8,10,17H,4-7H2,1H3,(H2,15,19)(H2,16,20). The van der Waals surface area contributed by atoms with Crippen LogP contribution in [0.15, 0.2) is 18.2 Å². The molecule has 3 amide bonds. The van der Waals surface area contributed by atoms with Gasteiger partial charge in [0.25, 0.3) is 0 Å². The molecular weight excluding hydrogens is 272 g/mol. The number of hydrogen-bond donors (Lipinski definition) is 3. The van der Waals surface area contributed by atoms with Crippen molar-refractivity contribution in [2.75, 3.05) is 25.5 Å². The van der Waals surface area contributed by atoms with Gasteiger partial charge in [-0.05, 0) is 31.0 Å². The number of hydrogen-bond acceptors (Lipinski definition) is 4. The van der Waals surface area contributed by atoms with Gasteiger partial charge in [-0.25, -0.2) is 4.79 Å². The Labute approximate surface area is 123 Å². The molecule has 7 nitrogen and oxygen atoms in total. The first-order chi connectivity index (χ1) is 10.0. The smallest absolute Gasteiger partial charge is 0.314 e. The number of carbonyl (C=O) groups excluding carboxylic acids is 2. The highest BCUT2D eigenvalue weighted by molar-refractivity contribution is 5.94. The fourth-order valence-corrected chi connectivity index (χ4v) is 2.44. The van der Waals surface area contributed by atoms with Crippen molar-refractivity contribution < 1.29 is 14.3 Å². The summed E-state index contributed by atoms with van der Waals surface area (Å²) in [6.45, 7) is 1.23. The maximum Gasteiger partial charge on any atom is 0.314 e. The Balaban J connectivity index is 2.07. The number of primary amides is 2. The van der Waals surface area contributed by atoms with Crippen LogP contribution < -0.4 is 21.5 Å². The first kappa shape index (κ1) is 15.0. The molecule has 1 fully saturated rings. The molecule has 1 saturated heterocycles. The largest absolute Gasteiger partial charge is 0.495 e.